The third-order valence-corrected chi connectivity index (χ3v) is 10.0. The summed E-state index contributed by atoms with van der Waals surface area (Å²) in [4.78, 5) is 12.9. The van der Waals surface area contributed by atoms with Gasteiger partial charge in [0.15, 0.2) is 13.1 Å². The molecule has 10 nitrogen and oxygen atoms in total. The number of anilines is 1. The Morgan fingerprint density at radius 1 is 0.981 bits per heavy atom. The molecule has 52 heavy (non-hydrogen) atoms. The van der Waals surface area contributed by atoms with Gasteiger partial charge in [0.2, 0.25) is 5.36 Å². The number of allylic oxidation sites excluding steroid dienone is 5. The van der Waals surface area contributed by atoms with Crippen molar-refractivity contribution in [2.45, 2.75) is 76.0 Å². The normalized spacial score (nSPS) is 15.2. The molecule has 0 bridgehead atoms. The topological polar surface area (TPSA) is 132 Å². The summed E-state index contributed by atoms with van der Waals surface area (Å²) < 4.78 is 55.0. The maximum atomic E-state index is 11.9. The molecule has 0 spiro atoms. The number of ether oxygens (including phenoxy) is 2. The Labute approximate surface area is 330 Å². The van der Waals surface area contributed by atoms with Crippen molar-refractivity contribution < 1.29 is 66.3 Å². The second-order valence-electron chi connectivity index (χ2n) is 14.4. The first-order valence-corrected chi connectivity index (χ1v) is 18.8. The number of fused-ring (bicyclic) bond motifs is 2. The number of hydrogen-bond acceptors (Lipinski definition) is 8. The average molecular weight is 744 g/mol. The van der Waals surface area contributed by atoms with Crippen LogP contribution in [-0.2, 0) is 35.2 Å². The second-order valence-corrected chi connectivity index (χ2v) is 15.8. The molecule has 1 N–H and O–H groups in total. The number of carbonyl (C=O) groups is 1. The quantitative estimate of drug-likeness (QED) is 0.0770. The van der Waals surface area contributed by atoms with Crippen molar-refractivity contribution in [3.63, 3.8) is 0 Å². The van der Waals surface area contributed by atoms with Crippen LogP contribution in [0.4, 0.5) is 5.69 Å². The van der Waals surface area contributed by atoms with E-state index in [0.717, 1.165) is 70.9 Å². The van der Waals surface area contributed by atoms with Crippen LogP contribution in [0, 0.1) is 0 Å². The summed E-state index contributed by atoms with van der Waals surface area (Å²) in [7, 11) is -1.23. The van der Waals surface area contributed by atoms with Crippen molar-refractivity contribution in [1.82, 2.24) is 4.58 Å². The van der Waals surface area contributed by atoms with Crippen molar-refractivity contribution >= 4 is 27.9 Å². The molecule has 12 heteroatoms. The van der Waals surface area contributed by atoms with Crippen LogP contribution in [-0.4, -0.2) is 71.1 Å². The van der Waals surface area contributed by atoms with E-state index < -0.39 is 21.5 Å². The smallest absolute Gasteiger partial charge is 0.744 e. The predicted octanol–water partition coefficient (Wildman–Crippen LogP) is 3.55. The Morgan fingerprint density at radius 2 is 1.67 bits per heavy atom. The maximum absolute atomic E-state index is 11.9. The van der Waals surface area contributed by atoms with Crippen molar-refractivity contribution in [2.24, 2.45) is 0 Å². The molecule has 1 aliphatic carbocycles. The van der Waals surface area contributed by atoms with Gasteiger partial charge in [-0.3, -0.25) is 4.79 Å². The Hall–Kier alpha value is -3.03. The summed E-state index contributed by atoms with van der Waals surface area (Å²) in [5, 5.41) is 10.1. The molecule has 2 aliphatic heterocycles. The Morgan fingerprint density at radius 3 is 2.29 bits per heavy atom. The first-order valence-electron chi connectivity index (χ1n) is 17.4. The second kappa shape index (κ2) is 18.8. The van der Waals surface area contributed by atoms with Gasteiger partial charge in [-0.2, -0.15) is 0 Å². The number of carboxylic acids is 1. The van der Waals surface area contributed by atoms with Gasteiger partial charge in [-0.25, -0.2) is 13.0 Å². The molecular weight excluding hydrogens is 692 g/mol. The van der Waals surface area contributed by atoms with Crippen molar-refractivity contribution in [1.29, 1.82) is 0 Å². The van der Waals surface area contributed by atoms with Crippen LogP contribution in [0.25, 0.3) is 17.4 Å². The van der Waals surface area contributed by atoms with Gasteiger partial charge in [-0.15, -0.1) is 0 Å². The van der Waals surface area contributed by atoms with E-state index in [2.05, 4.69) is 60.6 Å². The fourth-order valence-electron chi connectivity index (χ4n) is 6.32. The third-order valence-electron chi connectivity index (χ3n) is 9.19. The summed E-state index contributed by atoms with van der Waals surface area (Å²) in [6.45, 7) is 13.7. The third kappa shape index (κ3) is 11.0. The number of nitrogens with zero attached hydrogens (tertiary/aromatic N) is 2. The zero-order chi connectivity index (χ0) is 37.4. The van der Waals surface area contributed by atoms with E-state index in [0.29, 0.717) is 26.2 Å². The average Bonchev–Trinajstić information content (AvgIpc) is 3.27. The molecule has 1 aromatic rings. The Kier molecular flexibility index (Phi) is 15.7. The minimum Gasteiger partial charge on any atom is -0.744 e. The van der Waals surface area contributed by atoms with E-state index >= 15 is 0 Å². The van der Waals surface area contributed by atoms with Crippen LogP contribution >= 0.6 is 0 Å². The molecule has 0 aromatic heterocycles. The Bertz CT molecular complexity index is 1930. The zero-order valence-corrected chi connectivity index (χ0v) is 34.7. The molecule has 4 rings (SSSR count). The van der Waals surface area contributed by atoms with E-state index in [1.54, 1.807) is 20.3 Å². The van der Waals surface area contributed by atoms with Crippen molar-refractivity contribution in [3.8, 4) is 11.3 Å². The van der Waals surface area contributed by atoms with Crippen LogP contribution in [0.15, 0.2) is 81.8 Å². The molecule has 0 atom stereocenters. The van der Waals surface area contributed by atoms with Gasteiger partial charge in [0.05, 0.1) is 11.0 Å². The number of benzene rings is 2. The maximum Gasteiger partial charge on any atom is 1.00 e. The zero-order valence-electron chi connectivity index (χ0n) is 31.9. The van der Waals surface area contributed by atoms with Crippen LogP contribution in [0.3, 0.4) is 0 Å². The first kappa shape index (κ1) is 43.4. The summed E-state index contributed by atoms with van der Waals surface area (Å²) in [5.41, 5.74) is 3.77. The molecule has 0 amide bonds. The van der Waals surface area contributed by atoms with Crippen LogP contribution in [0.2, 0.25) is 0 Å². The fourth-order valence-corrected chi connectivity index (χ4v) is 6.82. The van der Waals surface area contributed by atoms with Crippen LogP contribution in [0.5, 0.6) is 0 Å². The standard InChI is InChI=1S/C40H52N2O8S.Na/c1-39(2,3)37-26-29(32-19-17-30(27-35(32)50-37)41(22-24-48-6)23-25-49-7)14-10-8-11-15-36-40(4,5)33-28-31(51(45,46)47)18-20-34(33)42(36)21-13-9-12-16-38(43)44;/h8,10-11,14-15,17-20,26-28H,9,12-13,16,21-25H2,1-7H3,(H-,43,44,45,46,47);/q;+1. The van der Waals surface area contributed by atoms with E-state index in [-0.39, 0.29) is 46.3 Å². The molecule has 0 saturated carbocycles. The van der Waals surface area contributed by atoms with Gasteiger partial charge in [-0.05, 0) is 60.4 Å². The predicted molar refractivity (Wildman–Crippen MR) is 200 cm³/mol. The summed E-state index contributed by atoms with van der Waals surface area (Å²) in [6.07, 6.45) is 12.2. The van der Waals surface area contributed by atoms with Gasteiger partial charge in [0.1, 0.15) is 34.9 Å². The summed E-state index contributed by atoms with van der Waals surface area (Å²) >= 11 is 0. The molecule has 0 radical (unpaired) electrons. The summed E-state index contributed by atoms with van der Waals surface area (Å²) in [6, 6.07) is 12.9. The number of hydrogen-bond donors (Lipinski definition) is 1. The fraction of sp³-hybridized carbons (Fsp3) is 0.450. The molecule has 276 valence electrons. The number of rotatable bonds is 16. The van der Waals surface area contributed by atoms with Crippen LogP contribution in [0.1, 0.15) is 77.2 Å². The molecule has 0 saturated heterocycles. The van der Waals surface area contributed by atoms with Gasteiger partial charge < -0.3 is 28.5 Å². The van der Waals surface area contributed by atoms with Gasteiger partial charge in [0.25, 0.3) is 0 Å². The van der Waals surface area contributed by atoms with Crippen LogP contribution < -0.4 is 44.4 Å². The Balaban J connectivity index is 0.00000729. The molecule has 0 unspecified atom stereocenters. The number of carboxylic acid groups (broad SMARTS) is 1. The minimum absolute atomic E-state index is 0. The van der Waals surface area contributed by atoms with E-state index in [1.807, 2.05) is 38.2 Å². The van der Waals surface area contributed by atoms with E-state index in [4.69, 9.17) is 19.0 Å². The monoisotopic (exact) mass is 743 g/mol. The molecule has 2 heterocycles. The number of unbranched alkanes of at least 4 members (excludes halogenated alkanes) is 2. The van der Waals surface area contributed by atoms with Gasteiger partial charge in [-0.1, -0.05) is 65.3 Å². The number of methoxy groups -OCH3 is 2. The minimum atomic E-state index is -4.62. The van der Waals surface area contributed by atoms with E-state index in [9.17, 15) is 17.8 Å². The summed E-state index contributed by atoms with van der Waals surface area (Å²) in [5.74, 6) is 0.837. The van der Waals surface area contributed by atoms with Crippen molar-refractivity contribution in [2.75, 3.05) is 52.0 Å². The molecule has 1 aromatic carbocycles. The largest absolute Gasteiger partial charge is 1.00 e. The van der Waals surface area contributed by atoms with E-state index in [1.165, 1.54) is 12.1 Å². The number of aliphatic carboxylic acids is 1. The SMILES string of the molecule is COCC[N+](CCOC)=c1ccc2c(/C=C/C=C/C=C3/N(CCCCCC(=O)O)c4ccc(S(=O)(=O)[O-])cc4C3(C)C)cc(C(C)(C)C)oc-2c1.[Na+]. The first-order chi connectivity index (χ1) is 24.1. The van der Waals surface area contributed by atoms with Crippen molar-refractivity contribution in [3.05, 3.63) is 94.7 Å². The van der Waals surface area contributed by atoms with Gasteiger partial charge in [0, 0.05) is 61.0 Å². The molecule has 3 aliphatic rings. The molecular formula is C40H52N2NaO8S+. The molecule has 0 fully saturated rings. The van der Waals surface area contributed by atoms with Gasteiger partial charge >= 0.3 is 35.5 Å².